The number of rotatable bonds is 9. The predicted molar refractivity (Wildman–Crippen MR) is 148 cm³/mol. The molecule has 0 aliphatic rings. The Morgan fingerprint density at radius 1 is 0.897 bits per heavy atom. The maximum atomic E-state index is 14.8. The van der Waals surface area contributed by atoms with Gasteiger partial charge in [-0.2, -0.15) is 0 Å². The molecule has 0 spiro atoms. The van der Waals surface area contributed by atoms with Gasteiger partial charge in [0.15, 0.2) is 0 Å². The van der Waals surface area contributed by atoms with E-state index in [9.17, 15) is 9.18 Å². The molecule has 0 unspecified atom stereocenters. The highest BCUT2D eigenvalue weighted by Gasteiger charge is 2.15. The lowest BCUT2D eigenvalue weighted by molar-refractivity contribution is -0.139. The summed E-state index contributed by atoms with van der Waals surface area (Å²) in [6.07, 6.45) is 1.68. The summed E-state index contributed by atoms with van der Waals surface area (Å²) in [7, 11) is 2.83. The molecule has 0 saturated carbocycles. The number of carbonyl (C=O) groups excluding carboxylic acids is 1. The molecule has 39 heavy (non-hydrogen) atoms. The first-order valence-corrected chi connectivity index (χ1v) is 12.4. The van der Waals surface area contributed by atoms with Gasteiger partial charge in [-0.3, -0.25) is 4.79 Å². The van der Waals surface area contributed by atoms with Crippen LogP contribution in [0.3, 0.4) is 0 Å². The minimum atomic E-state index is -0.421. The Hall–Kier alpha value is -4.62. The summed E-state index contributed by atoms with van der Waals surface area (Å²) in [5.74, 6) is 0.0745. The number of benzene rings is 4. The molecule has 0 aliphatic carbocycles. The van der Waals surface area contributed by atoms with Crippen LogP contribution < -0.4 is 15.2 Å². The van der Waals surface area contributed by atoms with Gasteiger partial charge in [0.1, 0.15) is 29.5 Å². The maximum Gasteiger partial charge on any atom is 0.310 e. The van der Waals surface area contributed by atoms with Gasteiger partial charge in [0.05, 0.1) is 26.9 Å². The number of carbonyl (C=O) groups is 1. The number of hydrogen-bond acceptors (Lipinski definition) is 6. The van der Waals surface area contributed by atoms with Crippen LogP contribution in [0.1, 0.15) is 16.7 Å². The van der Waals surface area contributed by atoms with E-state index in [-0.39, 0.29) is 13.0 Å². The van der Waals surface area contributed by atoms with E-state index in [1.54, 1.807) is 36.6 Å². The molecule has 0 radical (unpaired) electrons. The van der Waals surface area contributed by atoms with Crippen molar-refractivity contribution in [2.45, 2.75) is 19.6 Å². The van der Waals surface area contributed by atoms with Gasteiger partial charge in [-0.25, -0.2) is 4.39 Å². The summed E-state index contributed by atoms with van der Waals surface area (Å²) < 4.78 is 36.9. The first-order chi connectivity index (χ1) is 19.0. The van der Waals surface area contributed by atoms with Gasteiger partial charge in [-0.15, -0.1) is 0 Å². The Morgan fingerprint density at radius 2 is 1.74 bits per heavy atom. The molecule has 1 heterocycles. The third-order valence-electron chi connectivity index (χ3n) is 6.60. The van der Waals surface area contributed by atoms with Crippen molar-refractivity contribution >= 4 is 16.9 Å². The molecule has 0 bridgehead atoms. The number of fused-ring (bicyclic) bond motifs is 1. The highest BCUT2D eigenvalue weighted by Crippen LogP contribution is 2.34. The Balaban J connectivity index is 1.50. The zero-order valence-electron chi connectivity index (χ0n) is 21.7. The van der Waals surface area contributed by atoms with Crippen LogP contribution in [0.4, 0.5) is 4.39 Å². The summed E-state index contributed by atoms with van der Waals surface area (Å²) in [6, 6.07) is 23.9. The van der Waals surface area contributed by atoms with Crippen LogP contribution in [-0.2, 0) is 29.1 Å². The lowest BCUT2D eigenvalue weighted by atomic mass is 9.99. The van der Waals surface area contributed by atoms with Crippen LogP contribution in [0, 0.1) is 5.82 Å². The van der Waals surface area contributed by atoms with Crippen molar-refractivity contribution in [2.75, 3.05) is 14.2 Å². The zero-order chi connectivity index (χ0) is 27.4. The van der Waals surface area contributed by atoms with Crippen LogP contribution in [-0.4, -0.2) is 20.2 Å². The molecule has 4 aromatic carbocycles. The average Bonchev–Trinajstić information content (AvgIpc) is 3.45. The lowest BCUT2D eigenvalue weighted by Crippen LogP contribution is -2.07. The van der Waals surface area contributed by atoms with Crippen molar-refractivity contribution in [3.8, 4) is 33.8 Å². The van der Waals surface area contributed by atoms with Crippen LogP contribution in [0.2, 0.25) is 0 Å². The molecule has 198 valence electrons. The normalized spacial score (nSPS) is 11.0. The van der Waals surface area contributed by atoms with Crippen LogP contribution >= 0.6 is 0 Å². The van der Waals surface area contributed by atoms with Gasteiger partial charge in [-0.05, 0) is 64.7 Å². The van der Waals surface area contributed by atoms with Crippen molar-refractivity contribution in [3.05, 3.63) is 108 Å². The zero-order valence-corrected chi connectivity index (χ0v) is 21.7. The first kappa shape index (κ1) is 26.0. The number of hydrogen-bond donors (Lipinski definition) is 1. The molecule has 6 nitrogen and oxygen atoms in total. The largest absolute Gasteiger partial charge is 0.497 e. The van der Waals surface area contributed by atoms with E-state index in [2.05, 4.69) is 0 Å². The van der Waals surface area contributed by atoms with Crippen molar-refractivity contribution in [2.24, 2.45) is 5.73 Å². The van der Waals surface area contributed by atoms with Gasteiger partial charge < -0.3 is 24.4 Å². The number of furan rings is 1. The van der Waals surface area contributed by atoms with E-state index >= 15 is 0 Å². The van der Waals surface area contributed by atoms with Gasteiger partial charge in [0.2, 0.25) is 0 Å². The van der Waals surface area contributed by atoms with E-state index in [1.165, 1.54) is 20.3 Å². The SMILES string of the molecule is COC(=O)Cc1ccc(-c2ccc(OC)cc2F)cc1OCc1cc(-c2cccc(CN)c2)c2occc2c1. The van der Waals surface area contributed by atoms with E-state index in [4.69, 9.17) is 24.4 Å². The van der Waals surface area contributed by atoms with E-state index in [0.717, 1.165) is 33.2 Å². The van der Waals surface area contributed by atoms with Crippen molar-refractivity contribution < 1.29 is 27.8 Å². The minimum absolute atomic E-state index is 0.0229. The van der Waals surface area contributed by atoms with Crippen LogP contribution in [0.25, 0.3) is 33.2 Å². The number of ether oxygens (including phenoxy) is 3. The maximum absolute atomic E-state index is 14.8. The standard InChI is InChI=1S/C32H28FNO5/c1-36-26-8-9-27(29(33)17-26)23-6-7-24(16-31(35)37-2)30(15-23)39-19-21-13-25-10-11-38-32(25)28(14-21)22-5-3-4-20(12-22)18-34/h3-15,17H,16,18-19,34H2,1-2H3. The molecule has 0 aliphatic heterocycles. The van der Waals surface area contributed by atoms with Crippen molar-refractivity contribution in [1.29, 1.82) is 0 Å². The van der Waals surface area contributed by atoms with Crippen LogP contribution in [0.5, 0.6) is 11.5 Å². The second kappa shape index (κ2) is 11.4. The molecule has 1 aromatic heterocycles. The third-order valence-corrected chi connectivity index (χ3v) is 6.60. The summed E-state index contributed by atoms with van der Waals surface area (Å²) in [6.45, 7) is 0.652. The van der Waals surface area contributed by atoms with Gasteiger partial charge in [0, 0.05) is 34.7 Å². The molecule has 5 rings (SSSR count). The Bertz CT molecular complexity index is 1640. The summed E-state index contributed by atoms with van der Waals surface area (Å²) in [5.41, 5.74) is 12.1. The molecule has 0 fully saturated rings. The van der Waals surface area contributed by atoms with Crippen molar-refractivity contribution in [3.63, 3.8) is 0 Å². The smallest absolute Gasteiger partial charge is 0.310 e. The second-order valence-electron chi connectivity index (χ2n) is 9.10. The highest BCUT2D eigenvalue weighted by molar-refractivity contribution is 5.93. The second-order valence-corrected chi connectivity index (χ2v) is 9.10. The topological polar surface area (TPSA) is 83.9 Å². The van der Waals surface area contributed by atoms with E-state index in [1.807, 2.05) is 42.5 Å². The third kappa shape index (κ3) is 5.63. The number of methoxy groups -OCH3 is 2. The average molecular weight is 526 g/mol. The summed E-state index contributed by atoms with van der Waals surface area (Å²) in [4.78, 5) is 12.1. The fraction of sp³-hybridized carbons (Fsp3) is 0.156. The number of halogens is 1. The molecule has 7 heteroatoms. The molecule has 0 amide bonds. The van der Waals surface area contributed by atoms with Gasteiger partial charge >= 0.3 is 5.97 Å². The van der Waals surface area contributed by atoms with Crippen LogP contribution in [0.15, 0.2) is 89.5 Å². The summed E-state index contributed by atoms with van der Waals surface area (Å²) in [5, 5.41) is 0.938. The molecule has 0 atom stereocenters. The molecular weight excluding hydrogens is 497 g/mol. The predicted octanol–water partition coefficient (Wildman–Crippen LogP) is 6.67. The fourth-order valence-electron chi connectivity index (χ4n) is 4.56. The number of nitrogens with two attached hydrogens (primary N) is 1. The minimum Gasteiger partial charge on any atom is -0.497 e. The fourth-order valence-corrected chi connectivity index (χ4v) is 4.56. The van der Waals surface area contributed by atoms with Gasteiger partial charge in [0.25, 0.3) is 0 Å². The van der Waals surface area contributed by atoms with E-state index < -0.39 is 11.8 Å². The molecule has 0 saturated heterocycles. The van der Waals surface area contributed by atoms with Crippen molar-refractivity contribution in [1.82, 2.24) is 0 Å². The Kier molecular flexibility index (Phi) is 7.61. The number of esters is 1. The monoisotopic (exact) mass is 525 g/mol. The molecule has 5 aromatic rings. The Labute approximate surface area is 225 Å². The summed E-state index contributed by atoms with van der Waals surface area (Å²) >= 11 is 0. The van der Waals surface area contributed by atoms with E-state index in [0.29, 0.717) is 34.7 Å². The quantitative estimate of drug-likeness (QED) is 0.217. The first-order valence-electron chi connectivity index (χ1n) is 12.4. The molecular formula is C32H28FNO5. The lowest BCUT2D eigenvalue weighted by Gasteiger charge is -2.15. The highest BCUT2D eigenvalue weighted by atomic mass is 19.1. The molecule has 2 N–H and O–H groups in total. The van der Waals surface area contributed by atoms with Gasteiger partial charge in [-0.1, -0.05) is 30.3 Å². The Morgan fingerprint density at radius 3 is 2.51 bits per heavy atom.